The van der Waals surface area contributed by atoms with Gasteiger partial charge in [0.2, 0.25) is 0 Å². The van der Waals surface area contributed by atoms with Gasteiger partial charge in [-0.25, -0.2) is 4.98 Å². The van der Waals surface area contributed by atoms with Gasteiger partial charge in [0.15, 0.2) is 0 Å². The Hall–Kier alpha value is -1.17. The summed E-state index contributed by atoms with van der Waals surface area (Å²) in [5, 5.41) is 4.38. The molecule has 108 valence electrons. The van der Waals surface area contributed by atoms with Crippen LogP contribution >= 0.6 is 11.3 Å². The lowest BCUT2D eigenvalue weighted by atomic mass is 10.1. The summed E-state index contributed by atoms with van der Waals surface area (Å²) in [5.74, 6) is 1.70. The van der Waals surface area contributed by atoms with Crippen molar-refractivity contribution in [1.82, 2.24) is 14.5 Å². The van der Waals surface area contributed by atoms with E-state index in [0.29, 0.717) is 5.92 Å². The highest BCUT2D eigenvalue weighted by molar-refractivity contribution is 7.07. The number of imidazole rings is 1. The van der Waals surface area contributed by atoms with Crippen molar-refractivity contribution in [3.63, 3.8) is 0 Å². The molecule has 0 amide bonds. The maximum Gasteiger partial charge on any atom is 0.122 e. The van der Waals surface area contributed by atoms with Crippen LogP contribution in [0.1, 0.15) is 18.3 Å². The summed E-state index contributed by atoms with van der Waals surface area (Å²) in [4.78, 5) is 6.98. The van der Waals surface area contributed by atoms with E-state index in [-0.39, 0.29) is 0 Å². The first-order chi connectivity index (χ1) is 9.85. The Kier molecular flexibility index (Phi) is 4.50. The molecule has 1 aliphatic rings. The molecule has 0 aliphatic carbocycles. The number of fused-ring (bicyclic) bond motifs is 1. The zero-order valence-electron chi connectivity index (χ0n) is 11.9. The van der Waals surface area contributed by atoms with Crippen LogP contribution in [0.3, 0.4) is 0 Å². The molecule has 0 saturated heterocycles. The average molecular weight is 291 g/mol. The highest BCUT2D eigenvalue weighted by Crippen LogP contribution is 2.19. The molecule has 0 spiro atoms. The van der Waals surface area contributed by atoms with Crippen molar-refractivity contribution in [3.8, 4) is 0 Å². The van der Waals surface area contributed by atoms with Crippen LogP contribution in [0.4, 0.5) is 0 Å². The second-order valence-corrected chi connectivity index (χ2v) is 6.10. The Labute approximate surface area is 124 Å². The SMILES string of the molecule is CCOC[C@@H]1CN(Cc2ccsc2)Cc2nccn2C1. The van der Waals surface area contributed by atoms with Crippen molar-refractivity contribution in [1.29, 1.82) is 0 Å². The van der Waals surface area contributed by atoms with Crippen LogP contribution in [0.25, 0.3) is 0 Å². The van der Waals surface area contributed by atoms with E-state index in [1.165, 1.54) is 11.4 Å². The maximum absolute atomic E-state index is 5.65. The van der Waals surface area contributed by atoms with Gasteiger partial charge in [0.1, 0.15) is 5.82 Å². The fourth-order valence-electron chi connectivity index (χ4n) is 2.77. The molecule has 0 unspecified atom stereocenters. The van der Waals surface area contributed by atoms with Crippen molar-refractivity contribution in [3.05, 3.63) is 40.6 Å². The maximum atomic E-state index is 5.65. The largest absolute Gasteiger partial charge is 0.381 e. The van der Waals surface area contributed by atoms with Gasteiger partial charge in [-0.1, -0.05) is 0 Å². The molecule has 5 heteroatoms. The minimum atomic E-state index is 0.532. The van der Waals surface area contributed by atoms with E-state index in [1.54, 1.807) is 11.3 Å². The normalized spacial score (nSPS) is 19.8. The summed E-state index contributed by atoms with van der Waals surface area (Å²) in [6, 6.07) is 2.21. The first-order valence-corrected chi connectivity index (χ1v) is 8.10. The van der Waals surface area contributed by atoms with E-state index in [1.807, 2.05) is 6.20 Å². The van der Waals surface area contributed by atoms with Crippen molar-refractivity contribution in [2.75, 3.05) is 19.8 Å². The molecule has 0 aromatic carbocycles. The van der Waals surface area contributed by atoms with Gasteiger partial charge in [0.05, 0.1) is 13.2 Å². The summed E-state index contributed by atoms with van der Waals surface area (Å²) in [6.07, 6.45) is 3.99. The van der Waals surface area contributed by atoms with Crippen LogP contribution in [-0.4, -0.2) is 34.2 Å². The smallest absolute Gasteiger partial charge is 0.122 e. The number of thiophene rings is 1. The number of rotatable bonds is 5. The third-order valence-corrected chi connectivity index (χ3v) is 4.41. The molecule has 1 atom stereocenters. The van der Waals surface area contributed by atoms with Gasteiger partial charge >= 0.3 is 0 Å². The minimum absolute atomic E-state index is 0.532. The van der Waals surface area contributed by atoms with Crippen molar-refractivity contribution < 1.29 is 4.74 Å². The lowest BCUT2D eigenvalue weighted by Crippen LogP contribution is -2.30. The molecular formula is C15H21N3OS. The zero-order valence-corrected chi connectivity index (χ0v) is 12.7. The monoisotopic (exact) mass is 291 g/mol. The molecule has 3 heterocycles. The molecular weight excluding hydrogens is 270 g/mol. The fourth-order valence-corrected chi connectivity index (χ4v) is 3.43. The quantitative estimate of drug-likeness (QED) is 0.848. The van der Waals surface area contributed by atoms with Crippen LogP contribution in [0, 0.1) is 5.92 Å². The first kappa shape index (κ1) is 13.8. The summed E-state index contributed by atoms with van der Waals surface area (Å²) in [7, 11) is 0. The Morgan fingerprint density at radius 2 is 2.40 bits per heavy atom. The minimum Gasteiger partial charge on any atom is -0.381 e. The second kappa shape index (κ2) is 6.52. The van der Waals surface area contributed by atoms with Crippen LogP contribution in [0.15, 0.2) is 29.2 Å². The van der Waals surface area contributed by atoms with Gasteiger partial charge < -0.3 is 9.30 Å². The van der Waals surface area contributed by atoms with E-state index < -0.39 is 0 Å². The van der Waals surface area contributed by atoms with E-state index in [2.05, 4.69) is 44.4 Å². The van der Waals surface area contributed by atoms with E-state index in [4.69, 9.17) is 4.74 Å². The Morgan fingerprint density at radius 3 is 3.20 bits per heavy atom. The summed E-state index contributed by atoms with van der Waals surface area (Å²) in [6.45, 7) is 7.67. The van der Waals surface area contributed by atoms with Crippen LogP contribution in [-0.2, 0) is 24.4 Å². The molecule has 0 saturated carbocycles. The lowest BCUT2D eigenvalue weighted by Gasteiger charge is -2.23. The lowest BCUT2D eigenvalue weighted by molar-refractivity contribution is 0.0851. The molecule has 0 N–H and O–H groups in total. The predicted octanol–water partition coefficient (Wildman–Crippen LogP) is 2.61. The van der Waals surface area contributed by atoms with Gasteiger partial charge in [-0.2, -0.15) is 11.3 Å². The zero-order chi connectivity index (χ0) is 13.8. The third kappa shape index (κ3) is 3.29. The molecule has 2 aromatic heterocycles. The van der Waals surface area contributed by atoms with E-state index in [9.17, 15) is 0 Å². The fraction of sp³-hybridized carbons (Fsp3) is 0.533. The van der Waals surface area contributed by atoms with E-state index >= 15 is 0 Å². The van der Waals surface area contributed by atoms with Gasteiger partial charge in [-0.05, 0) is 29.3 Å². The third-order valence-electron chi connectivity index (χ3n) is 3.68. The second-order valence-electron chi connectivity index (χ2n) is 5.32. The molecule has 2 aromatic rings. The molecule has 20 heavy (non-hydrogen) atoms. The topological polar surface area (TPSA) is 30.3 Å². The van der Waals surface area contributed by atoms with E-state index in [0.717, 1.165) is 39.4 Å². The van der Waals surface area contributed by atoms with Gasteiger partial charge in [-0.3, -0.25) is 4.90 Å². The van der Waals surface area contributed by atoms with Crippen LogP contribution in [0.5, 0.6) is 0 Å². The highest BCUT2D eigenvalue weighted by atomic mass is 32.1. The summed E-state index contributed by atoms with van der Waals surface area (Å²) in [5.41, 5.74) is 1.39. The molecule has 0 radical (unpaired) electrons. The molecule has 4 nitrogen and oxygen atoms in total. The number of hydrogen-bond donors (Lipinski definition) is 0. The van der Waals surface area contributed by atoms with Gasteiger partial charge in [0, 0.05) is 44.6 Å². The van der Waals surface area contributed by atoms with Crippen LogP contribution in [0.2, 0.25) is 0 Å². The number of aromatic nitrogens is 2. The first-order valence-electron chi connectivity index (χ1n) is 7.16. The van der Waals surface area contributed by atoms with Gasteiger partial charge in [0.25, 0.3) is 0 Å². The predicted molar refractivity (Wildman–Crippen MR) is 80.6 cm³/mol. The molecule has 0 fully saturated rings. The Morgan fingerprint density at radius 1 is 1.45 bits per heavy atom. The highest BCUT2D eigenvalue weighted by Gasteiger charge is 2.22. The average Bonchev–Trinajstić information content (AvgIpc) is 3.06. The summed E-state index contributed by atoms with van der Waals surface area (Å²) >= 11 is 1.76. The van der Waals surface area contributed by atoms with Gasteiger partial charge in [-0.15, -0.1) is 0 Å². The Bertz CT molecular complexity index is 523. The number of ether oxygens (including phenoxy) is 1. The molecule has 1 aliphatic heterocycles. The molecule has 3 rings (SSSR count). The molecule has 0 bridgehead atoms. The summed E-state index contributed by atoms with van der Waals surface area (Å²) < 4.78 is 7.92. The van der Waals surface area contributed by atoms with Crippen LogP contribution < -0.4 is 0 Å². The number of hydrogen-bond acceptors (Lipinski definition) is 4. The number of nitrogens with zero attached hydrogens (tertiary/aromatic N) is 3. The van der Waals surface area contributed by atoms with Crippen molar-refractivity contribution in [2.45, 2.75) is 26.6 Å². The Balaban J connectivity index is 1.73. The standard InChI is InChI=1S/C15H21N3OS/c1-2-19-11-14-8-17(7-13-3-6-20-12-13)10-15-16-4-5-18(15)9-14/h3-6,12,14H,2,7-11H2,1H3/t14-/m1/s1. The van der Waals surface area contributed by atoms with Crippen molar-refractivity contribution >= 4 is 11.3 Å². The van der Waals surface area contributed by atoms with Crippen molar-refractivity contribution in [2.24, 2.45) is 5.92 Å².